The molecule has 27 heavy (non-hydrogen) atoms. The molecule has 0 heterocycles. The summed E-state index contributed by atoms with van der Waals surface area (Å²) in [6.07, 6.45) is 10.4. The lowest BCUT2D eigenvalue weighted by Gasteiger charge is -2.58. The molecule has 6 atom stereocenters. The van der Waals surface area contributed by atoms with Gasteiger partial charge in [-0.1, -0.05) is 55.8 Å². The summed E-state index contributed by atoms with van der Waals surface area (Å²) in [4.78, 5) is 12.6. The molecular weight excluding hydrogens is 332 g/mol. The van der Waals surface area contributed by atoms with E-state index in [0.717, 1.165) is 50.5 Å². The van der Waals surface area contributed by atoms with Gasteiger partial charge in [0.2, 0.25) is 0 Å². The van der Waals surface area contributed by atoms with Crippen LogP contribution in [0.4, 0.5) is 0 Å². The fourth-order valence-electron chi connectivity index (χ4n) is 7.41. The summed E-state index contributed by atoms with van der Waals surface area (Å²) in [7, 11) is 0. The first-order chi connectivity index (χ1) is 12.9. The van der Waals surface area contributed by atoms with Crippen LogP contribution in [-0.4, -0.2) is 10.9 Å². The number of aliphatic hydroxyl groups is 1. The van der Waals surface area contributed by atoms with Gasteiger partial charge in [0, 0.05) is 18.3 Å². The van der Waals surface area contributed by atoms with Crippen molar-refractivity contribution in [2.45, 2.75) is 70.8 Å². The van der Waals surface area contributed by atoms with Crippen LogP contribution in [0.25, 0.3) is 0 Å². The molecule has 3 saturated carbocycles. The summed E-state index contributed by atoms with van der Waals surface area (Å²) in [5, 5.41) is 11.4. The largest absolute Gasteiger partial charge is 0.385 e. The van der Waals surface area contributed by atoms with Crippen LogP contribution in [0.5, 0.6) is 0 Å². The topological polar surface area (TPSA) is 37.3 Å². The SMILES string of the molecule is CC12CCC3C(CC=C4CC(O)(c5ccccc5)CCC43C)C1CCC2=O. The Morgan fingerprint density at radius 3 is 2.48 bits per heavy atom. The van der Waals surface area contributed by atoms with Gasteiger partial charge < -0.3 is 5.11 Å². The second-order valence-corrected chi connectivity index (χ2v) is 10.3. The molecule has 0 aliphatic heterocycles. The molecule has 4 aliphatic carbocycles. The number of hydrogen-bond donors (Lipinski definition) is 1. The maximum atomic E-state index is 12.6. The Labute approximate surface area is 163 Å². The van der Waals surface area contributed by atoms with Crippen LogP contribution in [0.3, 0.4) is 0 Å². The van der Waals surface area contributed by atoms with Gasteiger partial charge in [-0.3, -0.25) is 4.79 Å². The van der Waals surface area contributed by atoms with Gasteiger partial charge in [0.25, 0.3) is 0 Å². The Hall–Kier alpha value is -1.41. The van der Waals surface area contributed by atoms with Crippen molar-refractivity contribution in [1.82, 2.24) is 0 Å². The van der Waals surface area contributed by atoms with Crippen molar-refractivity contribution in [3.8, 4) is 0 Å². The van der Waals surface area contributed by atoms with E-state index in [1.54, 1.807) is 0 Å². The Morgan fingerprint density at radius 2 is 1.70 bits per heavy atom. The van der Waals surface area contributed by atoms with Crippen LogP contribution >= 0.6 is 0 Å². The molecule has 0 saturated heterocycles. The molecule has 144 valence electrons. The smallest absolute Gasteiger partial charge is 0.139 e. The van der Waals surface area contributed by atoms with Crippen LogP contribution in [0.15, 0.2) is 42.0 Å². The normalized spacial score (nSPS) is 46.3. The maximum Gasteiger partial charge on any atom is 0.139 e. The second-order valence-electron chi connectivity index (χ2n) is 10.3. The number of rotatable bonds is 1. The van der Waals surface area contributed by atoms with E-state index < -0.39 is 5.60 Å². The summed E-state index contributed by atoms with van der Waals surface area (Å²) in [5.41, 5.74) is 1.98. The molecule has 1 aromatic carbocycles. The van der Waals surface area contributed by atoms with Crippen LogP contribution in [0.2, 0.25) is 0 Å². The van der Waals surface area contributed by atoms with Crippen molar-refractivity contribution in [1.29, 1.82) is 0 Å². The molecule has 1 aromatic rings. The number of fused-ring (bicyclic) bond motifs is 5. The van der Waals surface area contributed by atoms with E-state index in [4.69, 9.17) is 0 Å². The van der Waals surface area contributed by atoms with Crippen LogP contribution in [-0.2, 0) is 10.4 Å². The summed E-state index contributed by atoms with van der Waals surface area (Å²) < 4.78 is 0. The number of ketones is 1. The Morgan fingerprint density at radius 1 is 0.963 bits per heavy atom. The highest BCUT2D eigenvalue weighted by Crippen LogP contribution is 2.65. The number of hydrogen-bond acceptors (Lipinski definition) is 2. The zero-order chi connectivity index (χ0) is 18.9. The minimum absolute atomic E-state index is 0.0533. The highest BCUT2D eigenvalue weighted by atomic mass is 16.3. The molecule has 2 heteroatoms. The van der Waals surface area contributed by atoms with E-state index in [-0.39, 0.29) is 10.8 Å². The van der Waals surface area contributed by atoms with Crippen molar-refractivity contribution < 1.29 is 9.90 Å². The molecule has 1 N–H and O–H groups in total. The molecule has 0 amide bonds. The van der Waals surface area contributed by atoms with Crippen molar-refractivity contribution in [2.75, 3.05) is 0 Å². The summed E-state index contributed by atoms with van der Waals surface area (Å²) in [5.74, 6) is 2.44. The number of carbonyl (C=O) groups is 1. The first-order valence-corrected chi connectivity index (χ1v) is 10.9. The summed E-state index contributed by atoms with van der Waals surface area (Å²) in [6, 6.07) is 10.2. The van der Waals surface area contributed by atoms with Crippen molar-refractivity contribution in [2.24, 2.45) is 28.6 Å². The monoisotopic (exact) mass is 364 g/mol. The van der Waals surface area contributed by atoms with E-state index in [1.807, 2.05) is 18.2 Å². The van der Waals surface area contributed by atoms with Gasteiger partial charge in [-0.05, 0) is 67.3 Å². The highest BCUT2D eigenvalue weighted by molar-refractivity contribution is 5.87. The van der Waals surface area contributed by atoms with Gasteiger partial charge in [0.05, 0.1) is 5.60 Å². The fraction of sp³-hybridized carbons (Fsp3) is 0.640. The van der Waals surface area contributed by atoms with Gasteiger partial charge in [0.15, 0.2) is 0 Å². The van der Waals surface area contributed by atoms with E-state index in [0.29, 0.717) is 23.5 Å². The average Bonchev–Trinajstić information content (AvgIpc) is 2.98. The molecule has 0 aromatic heterocycles. The maximum absolute atomic E-state index is 12.6. The third-order valence-corrected chi connectivity index (χ3v) is 9.19. The van der Waals surface area contributed by atoms with Gasteiger partial charge in [-0.25, -0.2) is 0 Å². The number of Topliss-reactive ketones (excluding diaryl/α,β-unsaturated/α-hetero) is 1. The molecule has 0 radical (unpaired) electrons. The van der Waals surface area contributed by atoms with Crippen molar-refractivity contribution >= 4 is 5.78 Å². The molecule has 3 fully saturated rings. The van der Waals surface area contributed by atoms with Crippen LogP contribution in [0, 0.1) is 28.6 Å². The van der Waals surface area contributed by atoms with E-state index in [9.17, 15) is 9.90 Å². The number of carbonyl (C=O) groups excluding carboxylic acids is 1. The molecule has 0 bridgehead atoms. The number of allylic oxidation sites excluding steroid dienone is 1. The first kappa shape index (κ1) is 17.7. The quantitative estimate of drug-likeness (QED) is 0.677. The van der Waals surface area contributed by atoms with E-state index in [1.165, 1.54) is 12.0 Å². The van der Waals surface area contributed by atoms with E-state index in [2.05, 4.69) is 32.1 Å². The Bertz CT molecular complexity index is 796. The third-order valence-electron chi connectivity index (χ3n) is 9.19. The zero-order valence-electron chi connectivity index (χ0n) is 16.7. The molecular formula is C25H32O2. The minimum Gasteiger partial charge on any atom is -0.385 e. The lowest BCUT2D eigenvalue weighted by Crippen LogP contribution is -2.51. The number of benzene rings is 1. The molecule has 5 rings (SSSR count). The van der Waals surface area contributed by atoms with Gasteiger partial charge in [-0.15, -0.1) is 0 Å². The lowest BCUT2D eigenvalue weighted by atomic mass is 9.47. The fourth-order valence-corrected chi connectivity index (χ4v) is 7.41. The van der Waals surface area contributed by atoms with Crippen molar-refractivity contribution in [3.05, 3.63) is 47.5 Å². The Kier molecular flexibility index (Phi) is 3.79. The minimum atomic E-state index is -0.716. The standard InChI is InChI=1S/C25H32O2/c1-23-14-15-25(27,17-6-4-3-5-7-17)16-18(23)8-9-19-20-10-11-22(26)24(20,2)13-12-21(19)23/h3-8,19-21,27H,9-16H2,1-2H3. The van der Waals surface area contributed by atoms with Crippen LogP contribution in [0.1, 0.15) is 70.8 Å². The lowest BCUT2D eigenvalue weighted by molar-refractivity contribution is -0.132. The molecule has 0 spiro atoms. The van der Waals surface area contributed by atoms with Gasteiger partial charge in [0.1, 0.15) is 5.78 Å². The van der Waals surface area contributed by atoms with Gasteiger partial charge >= 0.3 is 0 Å². The third kappa shape index (κ3) is 2.38. The summed E-state index contributed by atoms with van der Waals surface area (Å²) in [6.45, 7) is 4.71. The van der Waals surface area contributed by atoms with Crippen molar-refractivity contribution in [3.63, 3.8) is 0 Å². The van der Waals surface area contributed by atoms with Gasteiger partial charge in [-0.2, -0.15) is 0 Å². The highest BCUT2D eigenvalue weighted by Gasteiger charge is 2.59. The molecule has 6 unspecified atom stereocenters. The summed E-state index contributed by atoms with van der Waals surface area (Å²) >= 11 is 0. The second kappa shape index (κ2) is 5.80. The predicted molar refractivity (Wildman–Crippen MR) is 107 cm³/mol. The Balaban J connectivity index is 1.47. The van der Waals surface area contributed by atoms with Crippen LogP contribution < -0.4 is 0 Å². The average molecular weight is 365 g/mol. The molecule has 4 aliphatic rings. The first-order valence-electron chi connectivity index (χ1n) is 10.9. The molecule has 2 nitrogen and oxygen atoms in total. The van der Waals surface area contributed by atoms with E-state index >= 15 is 0 Å². The predicted octanol–water partition coefficient (Wildman–Crippen LogP) is 5.41. The zero-order valence-corrected chi connectivity index (χ0v) is 16.7.